The van der Waals surface area contributed by atoms with E-state index in [9.17, 15) is 0 Å². The van der Waals surface area contributed by atoms with E-state index in [1.54, 1.807) is 0 Å². The number of hydrogen-bond donors (Lipinski definition) is 0. The van der Waals surface area contributed by atoms with E-state index in [0.717, 1.165) is 18.5 Å². The maximum absolute atomic E-state index is 4.84. The molecule has 1 aliphatic carbocycles. The molecule has 2 aromatic carbocycles. The molecule has 0 spiro atoms. The van der Waals surface area contributed by atoms with Gasteiger partial charge in [0.25, 0.3) is 0 Å². The monoisotopic (exact) mass is 364 g/mol. The molecule has 0 radical (unpaired) electrons. The van der Waals surface area contributed by atoms with Crippen LogP contribution in [-0.4, -0.2) is 9.97 Å². The highest BCUT2D eigenvalue weighted by atomic mass is 14.7. The van der Waals surface area contributed by atoms with E-state index in [1.807, 2.05) is 12.4 Å². The molecule has 2 nitrogen and oxygen atoms in total. The Kier molecular flexibility index (Phi) is 3.83. The van der Waals surface area contributed by atoms with E-state index >= 15 is 0 Å². The summed E-state index contributed by atoms with van der Waals surface area (Å²) in [4.78, 5) is 9.21. The highest BCUT2D eigenvalue weighted by Gasteiger charge is 2.20. The lowest BCUT2D eigenvalue weighted by atomic mass is 9.82. The largest absolute Gasteiger partial charge is 0.264 e. The number of hydrogen-bond acceptors (Lipinski definition) is 2. The summed E-state index contributed by atoms with van der Waals surface area (Å²) in [6.45, 7) is 6.84. The van der Waals surface area contributed by atoms with Crippen LogP contribution in [0.2, 0.25) is 0 Å². The Morgan fingerprint density at radius 1 is 0.821 bits per heavy atom. The Labute approximate surface area is 166 Å². The van der Waals surface area contributed by atoms with Crippen molar-refractivity contribution < 1.29 is 0 Å². The summed E-state index contributed by atoms with van der Waals surface area (Å²) in [7, 11) is 0. The summed E-state index contributed by atoms with van der Waals surface area (Å²) in [5, 5.41) is 2.60. The lowest BCUT2D eigenvalue weighted by Gasteiger charge is -2.23. The van der Waals surface area contributed by atoms with Gasteiger partial charge in [0.15, 0.2) is 0 Å². The van der Waals surface area contributed by atoms with E-state index in [-0.39, 0.29) is 5.41 Å². The summed E-state index contributed by atoms with van der Waals surface area (Å²) in [6, 6.07) is 17.7. The maximum atomic E-state index is 4.84. The number of rotatable bonds is 1. The summed E-state index contributed by atoms with van der Waals surface area (Å²) in [5.41, 5.74) is 8.89. The van der Waals surface area contributed by atoms with Crippen LogP contribution in [0, 0.1) is 0 Å². The third-order valence-electron chi connectivity index (χ3n) is 5.82. The molecule has 0 N–H and O–H groups in total. The molecule has 1 aliphatic rings. The summed E-state index contributed by atoms with van der Waals surface area (Å²) >= 11 is 0. The Morgan fingerprint density at radius 2 is 1.64 bits per heavy atom. The van der Waals surface area contributed by atoms with Crippen molar-refractivity contribution in [2.24, 2.45) is 0 Å². The second-order valence-corrected chi connectivity index (χ2v) is 8.75. The lowest BCUT2D eigenvalue weighted by Crippen LogP contribution is -2.12. The smallest absolute Gasteiger partial charge is 0.0708 e. The molecule has 0 bridgehead atoms. The molecule has 2 heterocycles. The topological polar surface area (TPSA) is 25.8 Å². The van der Waals surface area contributed by atoms with E-state index in [4.69, 9.17) is 4.98 Å². The normalized spacial score (nSPS) is 13.2. The zero-order valence-corrected chi connectivity index (χ0v) is 16.7. The number of benzene rings is 2. The van der Waals surface area contributed by atoms with Crippen molar-refractivity contribution in [3.05, 3.63) is 83.8 Å². The molecule has 0 amide bonds. The molecule has 5 rings (SSSR count). The molecule has 138 valence electrons. The van der Waals surface area contributed by atoms with Crippen molar-refractivity contribution in [2.45, 2.75) is 39.0 Å². The summed E-state index contributed by atoms with van der Waals surface area (Å²) < 4.78 is 0. The second-order valence-electron chi connectivity index (χ2n) is 8.75. The van der Waals surface area contributed by atoms with Gasteiger partial charge >= 0.3 is 0 Å². The fourth-order valence-corrected chi connectivity index (χ4v) is 4.32. The van der Waals surface area contributed by atoms with Gasteiger partial charge in [-0.05, 0) is 75.5 Å². The van der Waals surface area contributed by atoms with Crippen LogP contribution in [0.3, 0.4) is 0 Å². The van der Waals surface area contributed by atoms with Gasteiger partial charge in [0, 0.05) is 29.7 Å². The van der Waals surface area contributed by atoms with Gasteiger partial charge in [-0.3, -0.25) is 9.97 Å². The first-order chi connectivity index (χ1) is 13.5. The third kappa shape index (κ3) is 2.80. The molecule has 0 saturated carbocycles. The van der Waals surface area contributed by atoms with Crippen LogP contribution >= 0.6 is 0 Å². The molecule has 2 heteroatoms. The van der Waals surface area contributed by atoms with Gasteiger partial charge in [-0.15, -0.1) is 0 Å². The van der Waals surface area contributed by atoms with Gasteiger partial charge in [0.05, 0.1) is 5.69 Å². The van der Waals surface area contributed by atoms with Crippen LogP contribution in [0.1, 0.15) is 37.5 Å². The highest BCUT2D eigenvalue weighted by Crippen LogP contribution is 2.37. The van der Waals surface area contributed by atoms with Crippen LogP contribution < -0.4 is 0 Å². The summed E-state index contributed by atoms with van der Waals surface area (Å²) in [6.07, 6.45) is 8.07. The molecule has 2 aromatic heterocycles. The number of nitrogens with zero attached hydrogens (tertiary/aromatic N) is 2. The first kappa shape index (κ1) is 17.1. The van der Waals surface area contributed by atoms with Gasteiger partial charge in [-0.25, -0.2) is 0 Å². The van der Waals surface area contributed by atoms with Gasteiger partial charge in [-0.1, -0.05) is 45.0 Å². The van der Waals surface area contributed by atoms with E-state index in [1.165, 1.54) is 44.2 Å². The van der Waals surface area contributed by atoms with Gasteiger partial charge in [0.1, 0.15) is 0 Å². The lowest BCUT2D eigenvalue weighted by molar-refractivity contribution is 0.596. The molecular formula is C26H24N2. The average Bonchev–Trinajstić information content (AvgIpc) is 2.71. The van der Waals surface area contributed by atoms with Crippen molar-refractivity contribution in [3.63, 3.8) is 0 Å². The Morgan fingerprint density at radius 3 is 2.50 bits per heavy atom. The molecule has 0 fully saturated rings. The predicted octanol–water partition coefficient (Wildman–Crippen LogP) is 6.36. The third-order valence-corrected chi connectivity index (χ3v) is 5.82. The summed E-state index contributed by atoms with van der Waals surface area (Å²) in [5.74, 6) is 0. The van der Waals surface area contributed by atoms with Gasteiger partial charge in [0.2, 0.25) is 0 Å². The van der Waals surface area contributed by atoms with Crippen molar-refractivity contribution in [2.75, 3.05) is 0 Å². The van der Waals surface area contributed by atoms with Crippen LogP contribution in [0.5, 0.6) is 0 Å². The first-order valence-electron chi connectivity index (χ1n) is 9.96. The standard InChI is InChI=1S/C26H24N2/c1-26(2,3)24-13-20(12-18-6-4-5-7-21(18)24)25-14-22-19(15-28-25)9-8-17-10-11-27-16-23(17)22/h4-7,10-16H,8-9H2,1-3H3. The average molecular weight is 364 g/mol. The Bertz CT molecular complexity index is 1200. The molecule has 28 heavy (non-hydrogen) atoms. The minimum absolute atomic E-state index is 0.0698. The van der Waals surface area contributed by atoms with E-state index in [0.29, 0.717) is 0 Å². The number of aromatic nitrogens is 2. The number of fused-ring (bicyclic) bond motifs is 4. The molecule has 0 atom stereocenters. The van der Waals surface area contributed by atoms with Crippen molar-refractivity contribution in [1.82, 2.24) is 9.97 Å². The fourth-order valence-electron chi connectivity index (χ4n) is 4.32. The molecule has 0 saturated heterocycles. The van der Waals surface area contributed by atoms with Crippen LogP contribution in [0.4, 0.5) is 0 Å². The second kappa shape index (κ2) is 6.27. The first-order valence-corrected chi connectivity index (χ1v) is 9.96. The van der Waals surface area contributed by atoms with Crippen LogP contribution in [0.15, 0.2) is 67.1 Å². The van der Waals surface area contributed by atoms with Crippen molar-refractivity contribution in [1.29, 1.82) is 0 Å². The van der Waals surface area contributed by atoms with Crippen LogP contribution in [-0.2, 0) is 18.3 Å². The zero-order valence-electron chi connectivity index (χ0n) is 16.7. The molecule has 0 aliphatic heterocycles. The van der Waals surface area contributed by atoms with Gasteiger partial charge in [-0.2, -0.15) is 0 Å². The predicted molar refractivity (Wildman–Crippen MR) is 117 cm³/mol. The maximum Gasteiger partial charge on any atom is 0.0708 e. The molecule has 4 aromatic rings. The van der Waals surface area contributed by atoms with Crippen molar-refractivity contribution in [3.8, 4) is 22.4 Å². The van der Waals surface area contributed by atoms with Gasteiger partial charge < -0.3 is 0 Å². The molecule has 0 unspecified atom stereocenters. The SMILES string of the molecule is CC(C)(C)c1cc(-c2cc3c(cn2)CCc2ccncc2-3)cc2ccccc12. The number of pyridine rings is 2. The minimum atomic E-state index is 0.0698. The zero-order chi connectivity index (χ0) is 19.3. The van der Waals surface area contributed by atoms with Crippen LogP contribution in [0.25, 0.3) is 33.2 Å². The highest BCUT2D eigenvalue weighted by molar-refractivity contribution is 5.91. The fraction of sp³-hybridized carbons (Fsp3) is 0.231. The van der Waals surface area contributed by atoms with Crippen molar-refractivity contribution >= 4 is 10.8 Å². The van der Waals surface area contributed by atoms with E-state index in [2.05, 4.69) is 80.5 Å². The minimum Gasteiger partial charge on any atom is -0.264 e. The number of aryl methyl sites for hydroxylation is 2. The Hall–Kier alpha value is -3.00. The molecular weight excluding hydrogens is 340 g/mol. The quantitative estimate of drug-likeness (QED) is 0.393. The van der Waals surface area contributed by atoms with E-state index < -0.39 is 0 Å². The Balaban J connectivity index is 1.72.